The highest BCUT2D eigenvalue weighted by Crippen LogP contribution is 2.29. The number of non-ortho nitro benzene ring substituents is 1. The molecule has 132 valence electrons. The van der Waals surface area contributed by atoms with Crippen LogP contribution in [-0.4, -0.2) is 24.5 Å². The maximum atomic E-state index is 12.4. The minimum absolute atomic E-state index is 0.112. The Hall–Kier alpha value is -3.09. The monoisotopic (exact) mass is 344 g/mol. The SMILES string of the molecule is COc1cc([N+](=O)[O-])ccc1NC(=O)c1cccc(OCC(C)C)c1. The van der Waals surface area contributed by atoms with Gasteiger partial charge in [0.15, 0.2) is 0 Å². The van der Waals surface area contributed by atoms with Gasteiger partial charge in [0.25, 0.3) is 11.6 Å². The zero-order valence-corrected chi connectivity index (χ0v) is 14.3. The second-order valence-electron chi connectivity index (χ2n) is 5.83. The highest BCUT2D eigenvalue weighted by molar-refractivity contribution is 6.05. The minimum atomic E-state index is -0.524. The molecule has 0 radical (unpaired) electrons. The molecular weight excluding hydrogens is 324 g/mol. The molecule has 0 saturated heterocycles. The van der Waals surface area contributed by atoms with Crippen molar-refractivity contribution < 1.29 is 19.2 Å². The lowest BCUT2D eigenvalue weighted by molar-refractivity contribution is -0.384. The molecule has 0 atom stereocenters. The zero-order chi connectivity index (χ0) is 18.4. The summed E-state index contributed by atoms with van der Waals surface area (Å²) in [4.78, 5) is 22.7. The van der Waals surface area contributed by atoms with Gasteiger partial charge >= 0.3 is 0 Å². The van der Waals surface area contributed by atoms with E-state index >= 15 is 0 Å². The fourth-order valence-electron chi connectivity index (χ4n) is 2.08. The number of hydrogen-bond acceptors (Lipinski definition) is 5. The molecule has 0 aliphatic rings. The van der Waals surface area contributed by atoms with Gasteiger partial charge in [0, 0.05) is 11.6 Å². The Morgan fingerprint density at radius 2 is 2.00 bits per heavy atom. The third kappa shape index (κ3) is 4.94. The van der Waals surface area contributed by atoms with E-state index in [2.05, 4.69) is 5.32 Å². The molecule has 0 heterocycles. The van der Waals surface area contributed by atoms with Crippen molar-refractivity contribution in [3.63, 3.8) is 0 Å². The topological polar surface area (TPSA) is 90.7 Å². The largest absolute Gasteiger partial charge is 0.494 e. The van der Waals surface area contributed by atoms with Crippen LogP contribution in [0.15, 0.2) is 42.5 Å². The van der Waals surface area contributed by atoms with Crippen molar-refractivity contribution in [2.75, 3.05) is 19.0 Å². The number of carbonyl (C=O) groups excluding carboxylic acids is 1. The number of ether oxygens (including phenoxy) is 2. The number of nitro groups is 1. The first-order chi connectivity index (χ1) is 11.9. The van der Waals surface area contributed by atoms with Crippen LogP contribution in [0.5, 0.6) is 11.5 Å². The van der Waals surface area contributed by atoms with Crippen LogP contribution in [0.25, 0.3) is 0 Å². The second kappa shape index (κ2) is 8.14. The third-order valence-electron chi connectivity index (χ3n) is 3.32. The van der Waals surface area contributed by atoms with Crippen LogP contribution in [0.4, 0.5) is 11.4 Å². The van der Waals surface area contributed by atoms with Gasteiger partial charge in [-0.3, -0.25) is 14.9 Å². The number of amides is 1. The maximum absolute atomic E-state index is 12.4. The van der Waals surface area contributed by atoms with Crippen LogP contribution < -0.4 is 14.8 Å². The summed E-state index contributed by atoms with van der Waals surface area (Å²) in [5, 5.41) is 13.5. The van der Waals surface area contributed by atoms with Gasteiger partial charge in [-0.05, 0) is 30.2 Å². The average Bonchev–Trinajstić information content (AvgIpc) is 2.60. The van der Waals surface area contributed by atoms with Crippen LogP contribution >= 0.6 is 0 Å². The summed E-state index contributed by atoms with van der Waals surface area (Å²) in [5.74, 6) is 0.843. The number of nitro benzene ring substituents is 1. The minimum Gasteiger partial charge on any atom is -0.494 e. The molecule has 1 N–H and O–H groups in total. The fraction of sp³-hybridized carbons (Fsp3) is 0.278. The average molecular weight is 344 g/mol. The van der Waals surface area contributed by atoms with E-state index in [1.54, 1.807) is 24.3 Å². The van der Waals surface area contributed by atoms with Crippen molar-refractivity contribution in [3.8, 4) is 11.5 Å². The molecular formula is C18H20N2O5. The van der Waals surface area contributed by atoms with E-state index < -0.39 is 4.92 Å². The van der Waals surface area contributed by atoms with Crippen molar-refractivity contribution >= 4 is 17.3 Å². The first-order valence-electron chi connectivity index (χ1n) is 7.77. The number of nitrogens with zero attached hydrogens (tertiary/aromatic N) is 1. The highest BCUT2D eigenvalue weighted by Gasteiger charge is 2.14. The number of anilines is 1. The summed E-state index contributed by atoms with van der Waals surface area (Å²) in [6, 6.07) is 10.8. The molecule has 0 bridgehead atoms. The lowest BCUT2D eigenvalue weighted by Gasteiger charge is -2.12. The number of benzene rings is 2. The molecule has 0 aliphatic heterocycles. The molecule has 7 nitrogen and oxygen atoms in total. The first kappa shape index (κ1) is 18.3. The van der Waals surface area contributed by atoms with Crippen molar-refractivity contribution in [1.82, 2.24) is 0 Å². The Morgan fingerprint density at radius 1 is 1.24 bits per heavy atom. The van der Waals surface area contributed by atoms with Gasteiger partial charge in [-0.2, -0.15) is 0 Å². The normalized spacial score (nSPS) is 10.4. The predicted molar refractivity (Wildman–Crippen MR) is 94.4 cm³/mol. The standard InChI is InChI=1S/C18H20N2O5/c1-12(2)11-25-15-6-4-5-13(9-15)18(21)19-16-8-7-14(20(22)23)10-17(16)24-3/h4-10,12H,11H2,1-3H3,(H,19,21). The van der Waals surface area contributed by atoms with Crippen LogP contribution in [0, 0.1) is 16.0 Å². The number of nitrogens with one attached hydrogen (secondary N) is 1. The van der Waals surface area contributed by atoms with Gasteiger partial charge in [-0.1, -0.05) is 19.9 Å². The van der Waals surface area contributed by atoms with Crippen molar-refractivity contribution in [2.45, 2.75) is 13.8 Å². The van der Waals surface area contributed by atoms with Gasteiger partial charge in [-0.25, -0.2) is 0 Å². The molecule has 7 heteroatoms. The second-order valence-corrected chi connectivity index (χ2v) is 5.83. The third-order valence-corrected chi connectivity index (χ3v) is 3.32. The molecule has 0 unspecified atom stereocenters. The smallest absolute Gasteiger partial charge is 0.273 e. The molecule has 2 rings (SSSR count). The van der Waals surface area contributed by atoms with E-state index in [-0.39, 0.29) is 17.3 Å². The number of methoxy groups -OCH3 is 1. The molecule has 25 heavy (non-hydrogen) atoms. The van der Waals surface area contributed by atoms with Gasteiger partial charge < -0.3 is 14.8 Å². The molecule has 1 amide bonds. The number of hydrogen-bond donors (Lipinski definition) is 1. The van der Waals surface area contributed by atoms with E-state index in [9.17, 15) is 14.9 Å². The van der Waals surface area contributed by atoms with Gasteiger partial charge in [0.05, 0.1) is 30.4 Å². The summed E-state index contributed by atoms with van der Waals surface area (Å²) in [6.07, 6.45) is 0. The summed E-state index contributed by atoms with van der Waals surface area (Å²) in [7, 11) is 1.38. The Morgan fingerprint density at radius 3 is 2.64 bits per heavy atom. The number of carbonyl (C=O) groups is 1. The van der Waals surface area contributed by atoms with Crippen molar-refractivity contribution in [2.24, 2.45) is 5.92 Å². The zero-order valence-electron chi connectivity index (χ0n) is 14.3. The molecule has 2 aromatic carbocycles. The van der Waals surface area contributed by atoms with Crippen molar-refractivity contribution in [1.29, 1.82) is 0 Å². The quantitative estimate of drug-likeness (QED) is 0.608. The maximum Gasteiger partial charge on any atom is 0.273 e. The van der Waals surface area contributed by atoms with Crippen LogP contribution in [0.2, 0.25) is 0 Å². The Balaban J connectivity index is 2.16. The summed E-state index contributed by atoms with van der Waals surface area (Å²) in [5.41, 5.74) is 0.659. The Labute approximate surface area is 145 Å². The molecule has 2 aromatic rings. The van der Waals surface area contributed by atoms with E-state index in [0.29, 0.717) is 29.5 Å². The van der Waals surface area contributed by atoms with Crippen LogP contribution in [-0.2, 0) is 0 Å². The van der Waals surface area contributed by atoms with E-state index in [1.807, 2.05) is 13.8 Å². The summed E-state index contributed by atoms with van der Waals surface area (Å²) in [6.45, 7) is 4.64. The molecule has 0 aromatic heterocycles. The summed E-state index contributed by atoms with van der Waals surface area (Å²) >= 11 is 0. The van der Waals surface area contributed by atoms with Crippen LogP contribution in [0.3, 0.4) is 0 Å². The lowest BCUT2D eigenvalue weighted by atomic mass is 10.2. The predicted octanol–water partition coefficient (Wildman–Crippen LogP) is 3.89. The fourth-order valence-corrected chi connectivity index (χ4v) is 2.08. The number of rotatable bonds is 7. The van der Waals surface area contributed by atoms with Gasteiger partial charge in [-0.15, -0.1) is 0 Å². The Bertz CT molecular complexity index is 774. The molecule has 0 saturated carbocycles. The van der Waals surface area contributed by atoms with E-state index in [1.165, 1.54) is 25.3 Å². The molecule has 0 spiro atoms. The van der Waals surface area contributed by atoms with E-state index in [4.69, 9.17) is 9.47 Å². The van der Waals surface area contributed by atoms with E-state index in [0.717, 1.165) is 0 Å². The Kier molecular flexibility index (Phi) is 5.94. The van der Waals surface area contributed by atoms with Gasteiger partial charge in [0.1, 0.15) is 11.5 Å². The van der Waals surface area contributed by atoms with Crippen LogP contribution in [0.1, 0.15) is 24.2 Å². The first-order valence-corrected chi connectivity index (χ1v) is 7.77. The highest BCUT2D eigenvalue weighted by atomic mass is 16.6. The van der Waals surface area contributed by atoms with Crippen molar-refractivity contribution in [3.05, 3.63) is 58.1 Å². The molecule has 0 fully saturated rings. The summed E-state index contributed by atoms with van der Waals surface area (Å²) < 4.78 is 10.7. The lowest BCUT2D eigenvalue weighted by Crippen LogP contribution is -2.13. The molecule has 0 aliphatic carbocycles. The van der Waals surface area contributed by atoms with Gasteiger partial charge in [0.2, 0.25) is 0 Å².